The summed E-state index contributed by atoms with van der Waals surface area (Å²) in [6.07, 6.45) is 0. The predicted octanol–water partition coefficient (Wildman–Crippen LogP) is 0.579. The maximum Gasteiger partial charge on any atom is 0.0771 e. The summed E-state index contributed by atoms with van der Waals surface area (Å²) in [5, 5.41) is 11.7. The van der Waals surface area contributed by atoms with E-state index in [2.05, 4.69) is 33.4 Å². The van der Waals surface area contributed by atoms with Crippen molar-refractivity contribution in [3.8, 4) is 0 Å². The van der Waals surface area contributed by atoms with Gasteiger partial charge in [-0.3, -0.25) is 4.90 Å². The summed E-state index contributed by atoms with van der Waals surface area (Å²) in [6, 6.07) is 4.67. The van der Waals surface area contributed by atoms with E-state index in [4.69, 9.17) is 0 Å². The van der Waals surface area contributed by atoms with E-state index in [0.717, 1.165) is 37.6 Å². The van der Waals surface area contributed by atoms with Crippen molar-refractivity contribution < 1.29 is 0 Å². The Morgan fingerprint density at radius 3 is 3.00 bits per heavy atom. The number of rotatable bonds is 2. The second-order valence-corrected chi connectivity index (χ2v) is 4.19. The van der Waals surface area contributed by atoms with E-state index < -0.39 is 0 Å². The highest BCUT2D eigenvalue weighted by atomic mass is 15.2. The smallest absolute Gasteiger partial charge is 0.0771 e. The van der Waals surface area contributed by atoms with Gasteiger partial charge in [-0.2, -0.15) is 10.2 Å². The molecule has 2 rings (SSSR count). The highest BCUT2D eigenvalue weighted by Gasteiger charge is 2.18. The molecule has 0 bridgehead atoms. The largest absolute Gasteiger partial charge is 0.314 e. The lowest BCUT2D eigenvalue weighted by molar-refractivity contribution is 0.163. The van der Waals surface area contributed by atoms with Crippen molar-refractivity contribution in [2.24, 2.45) is 0 Å². The van der Waals surface area contributed by atoms with Gasteiger partial charge in [0.15, 0.2) is 0 Å². The van der Waals surface area contributed by atoms with Crippen molar-refractivity contribution >= 4 is 0 Å². The quantitative estimate of drug-likeness (QED) is 0.768. The Balaban J connectivity index is 1.98. The van der Waals surface area contributed by atoms with E-state index in [0.29, 0.717) is 6.04 Å². The van der Waals surface area contributed by atoms with Gasteiger partial charge in [0.05, 0.1) is 11.4 Å². The zero-order valence-corrected chi connectivity index (χ0v) is 9.40. The molecule has 4 heteroatoms. The van der Waals surface area contributed by atoms with Crippen molar-refractivity contribution in [3.05, 3.63) is 23.5 Å². The van der Waals surface area contributed by atoms with Crippen LogP contribution in [-0.4, -0.2) is 40.8 Å². The molecule has 2 heterocycles. The van der Waals surface area contributed by atoms with E-state index in [1.165, 1.54) is 0 Å². The standard InChI is InChI=1S/C11H18N4/c1-9-3-4-11(14-13-9)8-15-6-5-12-7-10(15)2/h3-4,10,12H,5-8H2,1-2H3/t10-/m0/s1. The predicted molar refractivity (Wildman–Crippen MR) is 59.5 cm³/mol. The fourth-order valence-corrected chi connectivity index (χ4v) is 1.84. The Labute approximate surface area is 90.7 Å². The van der Waals surface area contributed by atoms with Gasteiger partial charge in [0.1, 0.15) is 0 Å². The fourth-order valence-electron chi connectivity index (χ4n) is 1.84. The van der Waals surface area contributed by atoms with Crippen molar-refractivity contribution in [1.82, 2.24) is 20.4 Å². The molecule has 1 aromatic heterocycles. The highest BCUT2D eigenvalue weighted by molar-refractivity contribution is 5.05. The molecular weight excluding hydrogens is 188 g/mol. The average molecular weight is 206 g/mol. The zero-order chi connectivity index (χ0) is 10.7. The Hall–Kier alpha value is -1.00. The van der Waals surface area contributed by atoms with E-state index in [1.54, 1.807) is 0 Å². The summed E-state index contributed by atoms with van der Waals surface area (Å²) < 4.78 is 0. The van der Waals surface area contributed by atoms with Crippen LogP contribution in [0.25, 0.3) is 0 Å². The summed E-state index contributed by atoms with van der Waals surface area (Å²) >= 11 is 0. The molecule has 0 aromatic carbocycles. The molecular formula is C11H18N4. The van der Waals surface area contributed by atoms with E-state index in [-0.39, 0.29) is 0 Å². The van der Waals surface area contributed by atoms with Crippen LogP contribution >= 0.6 is 0 Å². The Morgan fingerprint density at radius 1 is 1.47 bits per heavy atom. The molecule has 0 spiro atoms. The topological polar surface area (TPSA) is 41.0 Å². The SMILES string of the molecule is Cc1ccc(CN2CCNC[C@@H]2C)nn1. The second kappa shape index (κ2) is 4.68. The first kappa shape index (κ1) is 10.5. The van der Waals surface area contributed by atoms with Gasteiger partial charge >= 0.3 is 0 Å². The molecule has 0 unspecified atom stereocenters. The number of nitrogens with one attached hydrogen (secondary N) is 1. The molecule has 1 aromatic rings. The van der Waals surface area contributed by atoms with Crippen molar-refractivity contribution in [2.75, 3.05) is 19.6 Å². The van der Waals surface area contributed by atoms with Gasteiger partial charge in [0.25, 0.3) is 0 Å². The van der Waals surface area contributed by atoms with Crippen LogP contribution in [0.15, 0.2) is 12.1 Å². The first-order valence-corrected chi connectivity index (χ1v) is 5.49. The number of piperazine rings is 1. The summed E-state index contributed by atoms with van der Waals surface area (Å²) in [4.78, 5) is 2.44. The number of hydrogen-bond acceptors (Lipinski definition) is 4. The minimum absolute atomic E-state index is 0.585. The molecule has 15 heavy (non-hydrogen) atoms. The Kier molecular flexibility index (Phi) is 3.28. The maximum atomic E-state index is 4.19. The van der Waals surface area contributed by atoms with Crippen molar-refractivity contribution in [1.29, 1.82) is 0 Å². The molecule has 0 saturated carbocycles. The Bertz CT molecular complexity index is 309. The Morgan fingerprint density at radius 2 is 2.33 bits per heavy atom. The molecule has 1 N–H and O–H groups in total. The highest BCUT2D eigenvalue weighted by Crippen LogP contribution is 2.07. The van der Waals surface area contributed by atoms with Crippen LogP contribution in [0.4, 0.5) is 0 Å². The molecule has 82 valence electrons. The van der Waals surface area contributed by atoms with Gasteiger partial charge in [-0.15, -0.1) is 0 Å². The molecule has 1 aliphatic rings. The maximum absolute atomic E-state index is 4.19. The third-order valence-electron chi connectivity index (χ3n) is 2.86. The fraction of sp³-hybridized carbons (Fsp3) is 0.636. The lowest BCUT2D eigenvalue weighted by atomic mass is 10.2. The summed E-state index contributed by atoms with van der Waals surface area (Å²) in [5.41, 5.74) is 2.04. The van der Waals surface area contributed by atoms with Crippen LogP contribution in [0.5, 0.6) is 0 Å². The van der Waals surface area contributed by atoms with Gasteiger partial charge in [-0.05, 0) is 26.0 Å². The van der Waals surface area contributed by atoms with E-state index in [9.17, 15) is 0 Å². The average Bonchev–Trinajstić information content (AvgIpc) is 2.25. The van der Waals surface area contributed by atoms with Crippen molar-refractivity contribution in [3.63, 3.8) is 0 Å². The van der Waals surface area contributed by atoms with Crippen LogP contribution in [0.3, 0.4) is 0 Å². The van der Waals surface area contributed by atoms with Crippen LogP contribution in [0.2, 0.25) is 0 Å². The monoisotopic (exact) mass is 206 g/mol. The van der Waals surface area contributed by atoms with Crippen LogP contribution in [0.1, 0.15) is 18.3 Å². The summed E-state index contributed by atoms with van der Waals surface area (Å²) in [6.45, 7) is 8.35. The third-order valence-corrected chi connectivity index (χ3v) is 2.86. The van der Waals surface area contributed by atoms with Gasteiger partial charge < -0.3 is 5.32 Å². The van der Waals surface area contributed by atoms with Crippen molar-refractivity contribution in [2.45, 2.75) is 26.4 Å². The van der Waals surface area contributed by atoms with Gasteiger partial charge in [0, 0.05) is 32.2 Å². The van der Waals surface area contributed by atoms with Gasteiger partial charge in [0.2, 0.25) is 0 Å². The van der Waals surface area contributed by atoms with Gasteiger partial charge in [-0.25, -0.2) is 0 Å². The molecule has 1 fully saturated rings. The molecule has 0 aliphatic carbocycles. The number of nitrogens with zero attached hydrogens (tertiary/aromatic N) is 3. The second-order valence-electron chi connectivity index (χ2n) is 4.19. The first-order chi connectivity index (χ1) is 7.25. The third kappa shape index (κ3) is 2.73. The number of aromatic nitrogens is 2. The lowest BCUT2D eigenvalue weighted by Gasteiger charge is -2.33. The van der Waals surface area contributed by atoms with E-state index >= 15 is 0 Å². The molecule has 0 radical (unpaired) electrons. The van der Waals surface area contributed by atoms with E-state index in [1.807, 2.05) is 13.0 Å². The van der Waals surface area contributed by atoms with Crippen LogP contribution < -0.4 is 5.32 Å². The molecule has 1 aliphatic heterocycles. The summed E-state index contributed by atoms with van der Waals surface area (Å²) in [5.74, 6) is 0. The van der Waals surface area contributed by atoms with Gasteiger partial charge in [-0.1, -0.05) is 0 Å². The van der Waals surface area contributed by atoms with Crippen LogP contribution in [0, 0.1) is 6.92 Å². The first-order valence-electron chi connectivity index (χ1n) is 5.49. The van der Waals surface area contributed by atoms with Crippen LogP contribution in [-0.2, 0) is 6.54 Å². The molecule has 0 amide bonds. The molecule has 4 nitrogen and oxygen atoms in total. The number of aryl methyl sites for hydroxylation is 1. The minimum atomic E-state index is 0.585. The normalized spacial score (nSPS) is 22.9. The lowest BCUT2D eigenvalue weighted by Crippen LogP contribution is -2.49. The zero-order valence-electron chi connectivity index (χ0n) is 9.40. The number of hydrogen-bond donors (Lipinski definition) is 1. The molecule has 1 saturated heterocycles. The minimum Gasteiger partial charge on any atom is -0.314 e. The molecule has 1 atom stereocenters. The summed E-state index contributed by atoms with van der Waals surface area (Å²) in [7, 11) is 0.